The lowest BCUT2D eigenvalue weighted by atomic mass is 10.0. The number of rotatable bonds is 5. The molecule has 1 N–H and O–H groups in total. The third kappa shape index (κ3) is 3.58. The van der Waals surface area contributed by atoms with Gasteiger partial charge in [-0.3, -0.25) is 5.32 Å². The van der Waals surface area contributed by atoms with E-state index in [9.17, 15) is 0 Å². The molecule has 0 aliphatic heterocycles. The molecule has 3 nitrogen and oxygen atoms in total. The van der Waals surface area contributed by atoms with Gasteiger partial charge in [0.2, 0.25) is 5.89 Å². The molecule has 1 aromatic carbocycles. The zero-order chi connectivity index (χ0) is 13.8. The van der Waals surface area contributed by atoms with E-state index in [2.05, 4.69) is 36.3 Å². The van der Waals surface area contributed by atoms with Gasteiger partial charge in [-0.05, 0) is 38.0 Å². The van der Waals surface area contributed by atoms with Gasteiger partial charge in [0.15, 0.2) is 0 Å². The van der Waals surface area contributed by atoms with E-state index in [4.69, 9.17) is 16.0 Å². The Morgan fingerprint density at radius 3 is 2.53 bits per heavy atom. The van der Waals surface area contributed by atoms with Crippen molar-refractivity contribution in [1.82, 2.24) is 10.3 Å². The van der Waals surface area contributed by atoms with Crippen molar-refractivity contribution in [3.63, 3.8) is 0 Å². The fourth-order valence-electron chi connectivity index (χ4n) is 2.09. The van der Waals surface area contributed by atoms with Crippen molar-refractivity contribution in [2.24, 2.45) is 0 Å². The van der Waals surface area contributed by atoms with Crippen LogP contribution in [-0.4, -0.2) is 4.98 Å². The normalized spacial score (nSPS) is 14.3. The Kier molecular flexibility index (Phi) is 4.61. The molecule has 2 atom stereocenters. The smallest absolute Gasteiger partial charge is 0.211 e. The number of hydrogen-bond acceptors (Lipinski definition) is 3. The third-order valence-electron chi connectivity index (χ3n) is 3.14. The Morgan fingerprint density at radius 1 is 1.32 bits per heavy atom. The van der Waals surface area contributed by atoms with Gasteiger partial charge >= 0.3 is 0 Å². The van der Waals surface area contributed by atoms with Gasteiger partial charge in [-0.25, -0.2) is 4.98 Å². The fourth-order valence-corrected chi connectivity index (χ4v) is 2.22. The van der Waals surface area contributed by atoms with Crippen LogP contribution in [0, 0.1) is 6.92 Å². The first-order chi connectivity index (χ1) is 9.10. The molecule has 19 heavy (non-hydrogen) atoms. The molecule has 0 radical (unpaired) electrons. The Morgan fingerprint density at radius 2 is 2.00 bits per heavy atom. The van der Waals surface area contributed by atoms with Gasteiger partial charge in [0.25, 0.3) is 0 Å². The van der Waals surface area contributed by atoms with Gasteiger partial charge in [0.1, 0.15) is 5.76 Å². The van der Waals surface area contributed by atoms with Crippen molar-refractivity contribution < 1.29 is 4.42 Å². The van der Waals surface area contributed by atoms with Gasteiger partial charge < -0.3 is 4.42 Å². The highest BCUT2D eigenvalue weighted by atomic mass is 35.5. The number of benzene rings is 1. The highest BCUT2D eigenvalue weighted by molar-refractivity contribution is 6.30. The highest BCUT2D eigenvalue weighted by Gasteiger charge is 2.17. The van der Waals surface area contributed by atoms with E-state index in [0.717, 1.165) is 23.1 Å². The molecule has 0 saturated carbocycles. The molecular formula is C15H19ClN2O. The van der Waals surface area contributed by atoms with Crippen LogP contribution < -0.4 is 5.32 Å². The maximum Gasteiger partial charge on any atom is 0.211 e. The molecule has 1 heterocycles. The Labute approximate surface area is 119 Å². The Balaban J connectivity index is 2.08. The first kappa shape index (κ1) is 14.1. The molecule has 0 bridgehead atoms. The lowest BCUT2D eigenvalue weighted by Crippen LogP contribution is -2.24. The van der Waals surface area contributed by atoms with Crippen LogP contribution in [0.1, 0.15) is 49.6 Å². The molecule has 0 aliphatic rings. The van der Waals surface area contributed by atoms with Crippen molar-refractivity contribution in [3.05, 3.63) is 52.7 Å². The van der Waals surface area contributed by atoms with E-state index in [1.165, 1.54) is 5.56 Å². The zero-order valence-electron chi connectivity index (χ0n) is 11.5. The summed E-state index contributed by atoms with van der Waals surface area (Å²) in [5.74, 6) is 1.56. The number of nitrogens with one attached hydrogen (secondary N) is 1. The van der Waals surface area contributed by atoms with Crippen molar-refractivity contribution in [1.29, 1.82) is 0 Å². The van der Waals surface area contributed by atoms with Crippen molar-refractivity contribution in [3.8, 4) is 0 Å². The first-order valence-electron chi connectivity index (χ1n) is 6.54. The average Bonchev–Trinajstić information content (AvgIpc) is 2.84. The van der Waals surface area contributed by atoms with Crippen molar-refractivity contribution in [2.75, 3.05) is 0 Å². The number of oxazole rings is 1. The number of aryl methyl sites for hydroxylation is 1. The maximum atomic E-state index is 5.92. The van der Waals surface area contributed by atoms with Crippen molar-refractivity contribution >= 4 is 11.6 Å². The summed E-state index contributed by atoms with van der Waals surface area (Å²) in [5, 5.41) is 4.29. The van der Waals surface area contributed by atoms with Crippen LogP contribution in [0.5, 0.6) is 0 Å². The molecule has 0 amide bonds. The second kappa shape index (κ2) is 6.22. The molecular weight excluding hydrogens is 260 g/mol. The highest BCUT2D eigenvalue weighted by Crippen LogP contribution is 2.23. The number of nitrogens with zero attached hydrogens (tertiary/aromatic N) is 1. The standard InChI is InChI=1S/C15H19ClN2O/c1-4-14(12-5-7-13(16)8-6-12)18-11(3)15-17-9-10(2)19-15/h5-9,11,14,18H,4H2,1-3H3. The minimum atomic E-state index is 0.0781. The van der Waals surface area contributed by atoms with Crippen LogP contribution in [0.4, 0.5) is 0 Å². The van der Waals surface area contributed by atoms with Crippen LogP contribution in [0.15, 0.2) is 34.9 Å². The number of aromatic nitrogens is 1. The summed E-state index contributed by atoms with van der Waals surface area (Å²) in [4.78, 5) is 4.26. The molecule has 0 aliphatic carbocycles. The van der Waals surface area contributed by atoms with E-state index >= 15 is 0 Å². The van der Waals surface area contributed by atoms with Crippen molar-refractivity contribution in [2.45, 2.75) is 39.3 Å². The summed E-state index contributed by atoms with van der Waals surface area (Å²) < 4.78 is 5.55. The van der Waals surface area contributed by atoms with E-state index in [1.54, 1.807) is 6.20 Å². The minimum Gasteiger partial charge on any atom is -0.444 e. The number of hydrogen-bond donors (Lipinski definition) is 1. The van der Waals surface area contributed by atoms with Crippen LogP contribution >= 0.6 is 11.6 Å². The Bertz CT molecular complexity index is 521. The summed E-state index contributed by atoms with van der Waals surface area (Å²) in [5.41, 5.74) is 1.22. The largest absolute Gasteiger partial charge is 0.444 e. The maximum absolute atomic E-state index is 5.92. The summed E-state index contributed by atoms with van der Waals surface area (Å²) in [7, 11) is 0. The van der Waals surface area contributed by atoms with Crippen LogP contribution in [-0.2, 0) is 0 Å². The van der Waals surface area contributed by atoms with Gasteiger partial charge in [-0.1, -0.05) is 30.7 Å². The molecule has 0 fully saturated rings. The number of halogens is 1. The summed E-state index contributed by atoms with van der Waals surface area (Å²) in [6, 6.07) is 8.28. The molecule has 102 valence electrons. The second-order valence-corrected chi connectivity index (χ2v) is 5.15. The molecule has 0 saturated heterocycles. The van der Waals surface area contributed by atoms with Gasteiger partial charge in [0, 0.05) is 11.1 Å². The summed E-state index contributed by atoms with van der Waals surface area (Å²) >= 11 is 5.92. The lowest BCUT2D eigenvalue weighted by molar-refractivity contribution is 0.367. The van der Waals surface area contributed by atoms with E-state index in [-0.39, 0.29) is 12.1 Å². The fraction of sp³-hybridized carbons (Fsp3) is 0.400. The van der Waals surface area contributed by atoms with Gasteiger partial charge in [0.05, 0.1) is 12.2 Å². The van der Waals surface area contributed by atoms with Gasteiger partial charge in [-0.2, -0.15) is 0 Å². The molecule has 2 unspecified atom stereocenters. The average molecular weight is 279 g/mol. The van der Waals surface area contributed by atoms with E-state index in [1.807, 2.05) is 19.1 Å². The van der Waals surface area contributed by atoms with Crippen LogP contribution in [0.25, 0.3) is 0 Å². The van der Waals surface area contributed by atoms with Gasteiger partial charge in [-0.15, -0.1) is 0 Å². The third-order valence-corrected chi connectivity index (χ3v) is 3.39. The second-order valence-electron chi connectivity index (χ2n) is 4.71. The summed E-state index contributed by atoms with van der Waals surface area (Å²) in [6.45, 7) is 6.11. The van der Waals surface area contributed by atoms with E-state index < -0.39 is 0 Å². The minimum absolute atomic E-state index is 0.0781. The predicted octanol–water partition coefficient (Wildman–Crippen LogP) is 4.44. The molecule has 2 rings (SSSR count). The molecule has 1 aromatic heterocycles. The predicted molar refractivity (Wildman–Crippen MR) is 77.3 cm³/mol. The zero-order valence-corrected chi connectivity index (χ0v) is 12.2. The first-order valence-corrected chi connectivity index (χ1v) is 6.91. The molecule has 0 spiro atoms. The quantitative estimate of drug-likeness (QED) is 0.879. The molecule has 4 heteroatoms. The lowest BCUT2D eigenvalue weighted by Gasteiger charge is -2.21. The SMILES string of the molecule is CCC(NC(C)c1ncc(C)o1)c1ccc(Cl)cc1. The molecule has 2 aromatic rings. The summed E-state index contributed by atoms with van der Waals surface area (Å²) in [6.07, 6.45) is 2.74. The monoisotopic (exact) mass is 278 g/mol. The van der Waals surface area contributed by atoms with Crippen LogP contribution in [0.3, 0.4) is 0 Å². The van der Waals surface area contributed by atoms with Crippen LogP contribution in [0.2, 0.25) is 5.02 Å². The van der Waals surface area contributed by atoms with E-state index in [0.29, 0.717) is 0 Å². The Hall–Kier alpha value is -1.32. The topological polar surface area (TPSA) is 38.1 Å².